The second kappa shape index (κ2) is 6.86. The van der Waals surface area contributed by atoms with Gasteiger partial charge in [-0.25, -0.2) is 4.79 Å². The van der Waals surface area contributed by atoms with Crippen molar-refractivity contribution in [2.75, 3.05) is 14.2 Å². The van der Waals surface area contributed by atoms with Crippen molar-refractivity contribution in [2.45, 2.75) is 0 Å². The molecule has 0 atom stereocenters. The number of hydrogen-bond acceptors (Lipinski definition) is 6. The van der Waals surface area contributed by atoms with Crippen LogP contribution in [0.15, 0.2) is 30.3 Å². The van der Waals surface area contributed by atoms with Gasteiger partial charge in [0.2, 0.25) is 0 Å². The summed E-state index contributed by atoms with van der Waals surface area (Å²) in [5.74, 6) is 0.0659. The lowest BCUT2D eigenvalue weighted by atomic mass is 10.2. The summed E-state index contributed by atoms with van der Waals surface area (Å²) in [6, 6.07) is 8.51. The highest BCUT2D eigenvalue weighted by atomic mass is 32.1. The third-order valence-electron chi connectivity index (χ3n) is 2.88. The first kappa shape index (κ1) is 15.7. The summed E-state index contributed by atoms with van der Waals surface area (Å²) in [5.41, 5.74) is 0.656. The average Bonchev–Trinajstić information content (AvgIpc) is 2.96. The molecular formula is C15H13NO5S. The van der Waals surface area contributed by atoms with Crippen LogP contribution in [0.1, 0.15) is 20.1 Å². The van der Waals surface area contributed by atoms with Crippen molar-refractivity contribution < 1.29 is 19.2 Å². The van der Waals surface area contributed by atoms with E-state index in [4.69, 9.17) is 4.74 Å². The molecule has 0 saturated heterocycles. The van der Waals surface area contributed by atoms with Crippen LogP contribution >= 0.6 is 11.3 Å². The van der Waals surface area contributed by atoms with Crippen LogP contribution in [0.3, 0.4) is 0 Å². The molecule has 0 saturated carbocycles. The molecule has 6 nitrogen and oxygen atoms in total. The average molecular weight is 319 g/mol. The molecule has 0 aliphatic carbocycles. The van der Waals surface area contributed by atoms with Crippen LogP contribution in [0.5, 0.6) is 5.75 Å². The van der Waals surface area contributed by atoms with E-state index in [1.165, 1.54) is 13.2 Å². The molecule has 0 bridgehead atoms. The van der Waals surface area contributed by atoms with Crippen molar-refractivity contribution >= 4 is 35.1 Å². The summed E-state index contributed by atoms with van der Waals surface area (Å²) in [6.45, 7) is 0. The molecule has 0 fully saturated rings. The Bertz CT molecular complexity index is 735. The molecule has 0 radical (unpaired) electrons. The van der Waals surface area contributed by atoms with Crippen molar-refractivity contribution in [3.63, 3.8) is 0 Å². The van der Waals surface area contributed by atoms with Gasteiger partial charge in [0.15, 0.2) is 0 Å². The quantitative estimate of drug-likeness (QED) is 0.478. The van der Waals surface area contributed by atoms with Crippen LogP contribution in [-0.4, -0.2) is 25.1 Å². The van der Waals surface area contributed by atoms with Gasteiger partial charge in [0.25, 0.3) is 5.69 Å². The highest BCUT2D eigenvalue weighted by molar-refractivity contribution is 7.15. The number of para-hydroxylation sites is 1. The third-order valence-corrected chi connectivity index (χ3v) is 3.95. The van der Waals surface area contributed by atoms with E-state index >= 15 is 0 Å². The molecule has 2 aromatic rings. The first-order valence-corrected chi connectivity index (χ1v) is 7.06. The molecule has 7 heteroatoms. The summed E-state index contributed by atoms with van der Waals surface area (Å²) >= 11 is 1.01. The molecule has 0 N–H and O–H groups in total. The zero-order valence-electron chi connectivity index (χ0n) is 11.9. The fourth-order valence-electron chi connectivity index (χ4n) is 1.83. The number of hydrogen-bond donors (Lipinski definition) is 0. The number of benzene rings is 1. The Balaban J connectivity index is 2.39. The molecule has 1 aromatic heterocycles. The molecule has 22 heavy (non-hydrogen) atoms. The Morgan fingerprint density at radius 1 is 1.27 bits per heavy atom. The van der Waals surface area contributed by atoms with Gasteiger partial charge in [0, 0.05) is 11.6 Å². The normalized spacial score (nSPS) is 10.6. The number of methoxy groups -OCH3 is 2. The van der Waals surface area contributed by atoms with Gasteiger partial charge in [0.05, 0.1) is 19.1 Å². The number of carbonyl (C=O) groups is 1. The molecular weight excluding hydrogens is 306 g/mol. The molecule has 2 rings (SSSR count). The topological polar surface area (TPSA) is 78.7 Å². The maximum Gasteiger partial charge on any atom is 0.348 e. The third kappa shape index (κ3) is 3.32. The van der Waals surface area contributed by atoms with Crippen molar-refractivity contribution in [2.24, 2.45) is 0 Å². The Morgan fingerprint density at radius 2 is 2.00 bits per heavy atom. The zero-order chi connectivity index (χ0) is 16.1. The van der Waals surface area contributed by atoms with Crippen LogP contribution in [0.2, 0.25) is 0 Å². The zero-order valence-corrected chi connectivity index (χ0v) is 12.8. The minimum atomic E-state index is -0.593. The van der Waals surface area contributed by atoms with Gasteiger partial charge in [-0.2, -0.15) is 0 Å². The molecule has 1 heterocycles. The van der Waals surface area contributed by atoms with Crippen molar-refractivity contribution in [1.82, 2.24) is 0 Å². The summed E-state index contributed by atoms with van der Waals surface area (Å²) < 4.78 is 9.80. The fourth-order valence-corrected chi connectivity index (χ4v) is 2.78. The summed E-state index contributed by atoms with van der Waals surface area (Å²) in [6.07, 6.45) is 3.30. The summed E-state index contributed by atoms with van der Waals surface area (Å²) in [4.78, 5) is 22.6. The maximum absolute atomic E-state index is 11.5. The van der Waals surface area contributed by atoms with Gasteiger partial charge in [-0.05, 0) is 18.2 Å². The number of rotatable bonds is 5. The second-order valence-electron chi connectivity index (χ2n) is 4.18. The lowest BCUT2D eigenvalue weighted by molar-refractivity contribution is -0.384. The minimum Gasteiger partial charge on any atom is -0.496 e. The van der Waals surface area contributed by atoms with E-state index in [-0.39, 0.29) is 10.6 Å². The highest BCUT2D eigenvalue weighted by Gasteiger charge is 2.21. The predicted octanol–water partition coefficient (Wildman–Crippen LogP) is 3.62. The van der Waals surface area contributed by atoms with Crippen molar-refractivity contribution in [1.29, 1.82) is 0 Å². The second-order valence-corrected chi connectivity index (χ2v) is 5.27. The lowest BCUT2D eigenvalue weighted by Crippen LogP contribution is -1.97. The van der Waals surface area contributed by atoms with Gasteiger partial charge < -0.3 is 9.47 Å². The molecule has 0 amide bonds. The monoisotopic (exact) mass is 319 g/mol. The molecule has 1 aromatic carbocycles. The predicted molar refractivity (Wildman–Crippen MR) is 84.2 cm³/mol. The van der Waals surface area contributed by atoms with E-state index in [1.807, 2.05) is 18.2 Å². The van der Waals surface area contributed by atoms with E-state index in [9.17, 15) is 14.9 Å². The number of nitrogens with zero attached hydrogens (tertiary/aromatic N) is 1. The van der Waals surface area contributed by atoms with E-state index in [1.54, 1.807) is 25.3 Å². The number of thiophene rings is 1. The molecule has 0 unspecified atom stereocenters. The van der Waals surface area contributed by atoms with E-state index in [2.05, 4.69) is 4.74 Å². The largest absolute Gasteiger partial charge is 0.496 e. The summed E-state index contributed by atoms with van der Waals surface area (Å²) in [7, 11) is 2.79. The van der Waals surface area contributed by atoms with Crippen LogP contribution in [-0.2, 0) is 4.74 Å². The molecule has 0 spiro atoms. The van der Waals surface area contributed by atoms with E-state index in [0.717, 1.165) is 16.9 Å². The first-order chi connectivity index (χ1) is 10.6. The smallest absolute Gasteiger partial charge is 0.348 e. The Morgan fingerprint density at radius 3 is 2.64 bits per heavy atom. The van der Waals surface area contributed by atoms with Crippen LogP contribution in [0.4, 0.5) is 5.69 Å². The number of esters is 1. The van der Waals surface area contributed by atoms with Crippen molar-refractivity contribution in [3.05, 3.63) is 55.8 Å². The van der Waals surface area contributed by atoms with Gasteiger partial charge in [-0.15, -0.1) is 11.3 Å². The van der Waals surface area contributed by atoms with Crippen LogP contribution in [0, 0.1) is 10.1 Å². The molecule has 0 aliphatic rings. The molecule has 0 aliphatic heterocycles. The van der Waals surface area contributed by atoms with Gasteiger partial charge in [-0.3, -0.25) is 10.1 Å². The SMILES string of the molecule is COC(=O)c1cc([N+](=O)[O-])c(/C=C/c2ccccc2OC)s1. The first-order valence-electron chi connectivity index (χ1n) is 6.24. The lowest BCUT2D eigenvalue weighted by Gasteiger charge is -2.02. The number of carbonyl (C=O) groups excluding carboxylic acids is 1. The fraction of sp³-hybridized carbons (Fsp3) is 0.133. The Hall–Kier alpha value is -2.67. The van der Waals surface area contributed by atoms with E-state index in [0.29, 0.717) is 10.6 Å². The Labute approximate surface area is 130 Å². The minimum absolute atomic E-state index is 0.128. The maximum atomic E-state index is 11.5. The van der Waals surface area contributed by atoms with Crippen LogP contribution in [0.25, 0.3) is 12.2 Å². The Kier molecular flexibility index (Phi) is 4.90. The van der Waals surface area contributed by atoms with Crippen LogP contribution < -0.4 is 4.74 Å². The number of nitro groups is 1. The highest BCUT2D eigenvalue weighted by Crippen LogP contribution is 2.32. The molecule has 114 valence electrons. The summed E-state index contributed by atoms with van der Waals surface area (Å²) in [5, 5.41) is 11.1. The van der Waals surface area contributed by atoms with Gasteiger partial charge >= 0.3 is 5.97 Å². The van der Waals surface area contributed by atoms with E-state index < -0.39 is 10.9 Å². The van der Waals surface area contributed by atoms with Crippen molar-refractivity contribution in [3.8, 4) is 5.75 Å². The standard InChI is InChI=1S/C15H13NO5S/c1-20-12-6-4-3-5-10(12)7-8-13-11(16(18)19)9-14(22-13)15(17)21-2/h3-9H,1-2H3/b8-7+. The van der Waals surface area contributed by atoms with Gasteiger partial charge in [0.1, 0.15) is 15.5 Å². The number of ether oxygens (including phenoxy) is 2. The van der Waals surface area contributed by atoms with Gasteiger partial charge in [-0.1, -0.05) is 18.2 Å².